The number of hydrogen-bond donors (Lipinski definition) is 2. The Morgan fingerprint density at radius 3 is 2.62 bits per heavy atom. The zero-order valence-corrected chi connectivity index (χ0v) is 21.3. The van der Waals surface area contributed by atoms with Crippen LogP contribution >= 0.6 is 0 Å². The van der Waals surface area contributed by atoms with Crippen LogP contribution in [0.3, 0.4) is 0 Å². The van der Waals surface area contributed by atoms with Crippen molar-refractivity contribution < 1.29 is 13.9 Å². The average molecular weight is 504 g/mol. The minimum atomic E-state index is -0.337. The van der Waals surface area contributed by atoms with E-state index in [0.717, 1.165) is 24.3 Å². The Bertz CT molecular complexity index is 1430. The van der Waals surface area contributed by atoms with Gasteiger partial charge in [0.05, 0.1) is 48.3 Å². The maximum Gasteiger partial charge on any atom is 0.247 e. The molecule has 0 atom stereocenters. The second-order valence-electron chi connectivity index (χ2n) is 8.77. The molecule has 0 saturated carbocycles. The molecule has 9 nitrogen and oxygen atoms in total. The lowest BCUT2D eigenvalue weighted by atomic mass is 10.2. The van der Waals surface area contributed by atoms with E-state index in [9.17, 15) is 9.18 Å². The summed E-state index contributed by atoms with van der Waals surface area (Å²) in [6.07, 6.45) is 6.36. The van der Waals surface area contributed by atoms with E-state index in [2.05, 4.69) is 32.1 Å². The molecule has 37 heavy (non-hydrogen) atoms. The van der Waals surface area contributed by atoms with Crippen molar-refractivity contribution in [1.29, 1.82) is 0 Å². The molecule has 0 aliphatic heterocycles. The van der Waals surface area contributed by atoms with E-state index in [1.165, 1.54) is 18.2 Å². The SMILES string of the molecule is C=CC(=O)Nc1cc(Nc2cn3c(-c4cccc(F)c4)ncc3cn2)c(OC)cc1N(C)CCN(C)C. The van der Waals surface area contributed by atoms with Gasteiger partial charge in [0.25, 0.3) is 0 Å². The summed E-state index contributed by atoms with van der Waals surface area (Å²) in [5, 5.41) is 6.17. The van der Waals surface area contributed by atoms with Crippen molar-refractivity contribution in [2.24, 2.45) is 0 Å². The van der Waals surface area contributed by atoms with Gasteiger partial charge in [-0.3, -0.25) is 9.20 Å². The van der Waals surface area contributed by atoms with E-state index in [-0.39, 0.29) is 11.7 Å². The molecule has 0 spiro atoms. The Balaban J connectivity index is 1.72. The van der Waals surface area contributed by atoms with E-state index in [0.29, 0.717) is 34.3 Å². The molecule has 2 heterocycles. The number of nitrogens with one attached hydrogen (secondary N) is 2. The maximum absolute atomic E-state index is 13.8. The fourth-order valence-electron chi connectivity index (χ4n) is 3.85. The molecular formula is C27H30FN7O2. The van der Waals surface area contributed by atoms with E-state index in [1.54, 1.807) is 43.9 Å². The molecule has 0 aliphatic rings. The van der Waals surface area contributed by atoms with E-state index < -0.39 is 0 Å². The first-order valence-electron chi connectivity index (χ1n) is 11.7. The molecule has 0 bridgehead atoms. The summed E-state index contributed by atoms with van der Waals surface area (Å²) in [5.74, 6) is 1.01. The van der Waals surface area contributed by atoms with Crippen LogP contribution in [0.15, 0.2) is 67.6 Å². The molecule has 0 saturated heterocycles. The zero-order chi connectivity index (χ0) is 26.5. The number of amides is 1. The fraction of sp³-hybridized carbons (Fsp3) is 0.222. The van der Waals surface area contributed by atoms with Gasteiger partial charge in [0, 0.05) is 31.8 Å². The summed E-state index contributed by atoms with van der Waals surface area (Å²) < 4.78 is 21.3. The predicted octanol–water partition coefficient (Wildman–Crippen LogP) is 4.41. The lowest BCUT2D eigenvalue weighted by molar-refractivity contribution is -0.111. The summed E-state index contributed by atoms with van der Waals surface area (Å²) >= 11 is 0. The second-order valence-corrected chi connectivity index (χ2v) is 8.77. The van der Waals surface area contributed by atoms with Gasteiger partial charge in [-0.15, -0.1) is 0 Å². The minimum Gasteiger partial charge on any atom is -0.494 e. The topological polar surface area (TPSA) is 87.0 Å². The number of aromatic nitrogens is 3. The van der Waals surface area contributed by atoms with Crippen LogP contribution in [0.4, 0.5) is 27.3 Å². The highest BCUT2D eigenvalue weighted by Crippen LogP contribution is 2.38. The van der Waals surface area contributed by atoms with Crippen molar-refractivity contribution in [3.8, 4) is 17.1 Å². The molecule has 0 unspecified atom stereocenters. The Kier molecular flexibility index (Phi) is 7.69. The van der Waals surface area contributed by atoms with Crippen molar-refractivity contribution in [2.45, 2.75) is 0 Å². The van der Waals surface area contributed by atoms with Crippen molar-refractivity contribution in [3.63, 3.8) is 0 Å². The summed E-state index contributed by atoms with van der Waals surface area (Å²) in [6, 6.07) is 9.94. The molecule has 2 N–H and O–H groups in total. The summed E-state index contributed by atoms with van der Waals surface area (Å²) in [6.45, 7) is 5.13. The lowest BCUT2D eigenvalue weighted by Gasteiger charge is -2.26. The van der Waals surface area contributed by atoms with Crippen LogP contribution in [-0.2, 0) is 4.79 Å². The van der Waals surface area contributed by atoms with Crippen LogP contribution in [0.1, 0.15) is 0 Å². The maximum atomic E-state index is 13.8. The first kappa shape index (κ1) is 25.6. The van der Waals surface area contributed by atoms with E-state index in [1.807, 2.05) is 36.5 Å². The number of imidazole rings is 1. The van der Waals surface area contributed by atoms with Crippen molar-refractivity contribution in [1.82, 2.24) is 19.3 Å². The highest BCUT2D eigenvalue weighted by Gasteiger charge is 2.17. The van der Waals surface area contributed by atoms with Gasteiger partial charge in [-0.25, -0.2) is 14.4 Å². The number of nitrogens with zero attached hydrogens (tertiary/aromatic N) is 5. The first-order valence-corrected chi connectivity index (χ1v) is 11.7. The Morgan fingerprint density at radius 1 is 1.14 bits per heavy atom. The standard InChI is InChI=1S/C27H30FN7O2/c1-6-26(36)32-21-13-22(24(37-5)14-23(21)34(4)11-10-33(2)3)31-25-17-35-20(15-29-25)16-30-27(35)18-8-7-9-19(28)12-18/h6-9,12-17,31H,1,10-11H2,2-5H3,(H,32,36). The van der Waals surface area contributed by atoms with Crippen LogP contribution < -0.4 is 20.3 Å². The Hall–Kier alpha value is -4.44. The third-order valence-corrected chi connectivity index (χ3v) is 5.81. The predicted molar refractivity (Wildman–Crippen MR) is 145 cm³/mol. The van der Waals surface area contributed by atoms with Crippen LogP contribution in [0.25, 0.3) is 16.9 Å². The molecule has 0 radical (unpaired) electrons. The van der Waals surface area contributed by atoms with Crippen LogP contribution in [0, 0.1) is 5.82 Å². The normalized spacial score (nSPS) is 11.0. The van der Waals surface area contributed by atoms with Gasteiger partial charge in [-0.2, -0.15) is 0 Å². The number of halogens is 1. The summed E-state index contributed by atoms with van der Waals surface area (Å²) in [5.41, 5.74) is 3.40. The molecule has 2 aromatic heterocycles. The molecule has 4 rings (SSSR count). The van der Waals surface area contributed by atoms with Crippen molar-refractivity contribution >= 4 is 34.3 Å². The van der Waals surface area contributed by atoms with Gasteiger partial charge in [-0.05, 0) is 38.4 Å². The zero-order valence-electron chi connectivity index (χ0n) is 21.3. The molecule has 0 fully saturated rings. The monoisotopic (exact) mass is 503 g/mol. The number of fused-ring (bicyclic) bond motifs is 1. The number of rotatable bonds is 10. The fourth-order valence-corrected chi connectivity index (χ4v) is 3.85. The van der Waals surface area contributed by atoms with Crippen LogP contribution in [-0.4, -0.2) is 66.5 Å². The van der Waals surface area contributed by atoms with Gasteiger partial charge < -0.3 is 25.2 Å². The van der Waals surface area contributed by atoms with Gasteiger partial charge in [0.1, 0.15) is 23.2 Å². The van der Waals surface area contributed by atoms with E-state index >= 15 is 0 Å². The lowest BCUT2D eigenvalue weighted by Crippen LogP contribution is -2.29. The smallest absolute Gasteiger partial charge is 0.247 e. The molecular weight excluding hydrogens is 473 g/mol. The second kappa shape index (κ2) is 11.1. The third-order valence-electron chi connectivity index (χ3n) is 5.81. The Morgan fingerprint density at radius 2 is 1.92 bits per heavy atom. The van der Waals surface area contributed by atoms with Crippen LogP contribution in [0.5, 0.6) is 5.75 Å². The van der Waals surface area contributed by atoms with Gasteiger partial charge in [-0.1, -0.05) is 18.7 Å². The number of anilines is 4. The minimum absolute atomic E-state index is 0.323. The van der Waals surface area contributed by atoms with Gasteiger partial charge in [0.15, 0.2) is 0 Å². The average Bonchev–Trinajstić information content (AvgIpc) is 3.30. The largest absolute Gasteiger partial charge is 0.494 e. The number of benzene rings is 2. The van der Waals surface area contributed by atoms with Crippen molar-refractivity contribution in [2.75, 3.05) is 56.9 Å². The molecule has 10 heteroatoms. The molecule has 192 valence electrons. The number of methoxy groups -OCH3 is 1. The first-order chi connectivity index (χ1) is 17.8. The molecule has 1 amide bonds. The highest BCUT2D eigenvalue weighted by molar-refractivity contribution is 6.02. The number of ether oxygens (including phenoxy) is 1. The summed E-state index contributed by atoms with van der Waals surface area (Å²) in [4.78, 5) is 25.3. The van der Waals surface area contributed by atoms with Crippen molar-refractivity contribution in [3.05, 3.63) is 73.5 Å². The number of likely N-dealkylation sites (N-methyl/N-ethyl adjacent to an activating group) is 2. The molecule has 2 aromatic carbocycles. The van der Waals surface area contributed by atoms with Gasteiger partial charge in [0.2, 0.25) is 5.91 Å². The third kappa shape index (κ3) is 5.87. The van der Waals surface area contributed by atoms with Crippen LogP contribution in [0.2, 0.25) is 0 Å². The highest BCUT2D eigenvalue weighted by atomic mass is 19.1. The van der Waals surface area contributed by atoms with Gasteiger partial charge >= 0.3 is 0 Å². The molecule has 0 aliphatic carbocycles. The number of carbonyl (C=O) groups is 1. The summed E-state index contributed by atoms with van der Waals surface area (Å²) in [7, 11) is 7.55. The Labute approximate surface area is 215 Å². The number of hydrogen-bond acceptors (Lipinski definition) is 7. The quantitative estimate of drug-likeness (QED) is 0.310. The number of carbonyl (C=O) groups excluding carboxylic acids is 1. The molecule has 4 aromatic rings. The van der Waals surface area contributed by atoms with E-state index in [4.69, 9.17) is 4.74 Å².